The Balaban J connectivity index is 2.67. The molecule has 0 radical (unpaired) electrons. The first-order valence-electron chi connectivity index (χ1n) is 6.81. The summed E-state index contributed by atoms with van der Waals surface area (Å²) in [6.07, 6.45) is 3.53. The van der Waals surface area contributed by atoms with Crippen molar-refractivity contribution in [1.29, 1.82) is 0 Å². The molecule has 5 nitrogen and oxygen atoms in total. The van der Waals surface area contributed by atoms with Crippen LogP contribution in [0.25, 0.3) is 0 Å². The second kappa shape index (κ2) is 6.84. The highest BCUT2D eigenvalue weighted by molar-refractivity contribution is 7.86. The van der Waals surface area contributed by atoms with Crippen LogP contribution in [0.1, 0.15) is 39.5 Å². The van der Waals surface area contributed by atoms with Gasteiger partial charge in [-0.2, -0.15) is 17.0 Å². The lowest BCUT2D eigenvalue weighted by Gasteiger charge is -2.35. The van der Waals surface area contributed by atoms with E-state index in [2.05, 4.69) is 0 Å². The fourth-order valence-corrected chi connectivity index (χ4v) is 4.22. The van der Waals surface area contributed by atoms with Gasteiger partial charge in [0.25, 0.3) is 10.2 Å². The molecule has 0 unspecified atom stereocenters. The maximum atomic E-state index is 12.3. The van der Waals surface area contributed by atoms with Crippen LogP contribution in [0.3, 0.4) is 0 Å². The summed E-state index contributed by atoms with van der Waals surface area (Å²) < 4.78 is 27.7. The molecular formula is C12H26N2O3S. The minimum absolute atomic E-state index is 0.0819. The van der Waals surface area contributed by atoms with Crippen molar-refractivity contribution in [1.82, 2.24) is 8.61 Å². The van der Waals surface area contributed by atoms with Gasteiger partial charge in [0.05, 0.1) is 0 Å². The van der Waals surface area contributed by atoms with Crippen molar-refractivity contribution in [2.24, 2.45) is 5.92 Å². The Kier molecular flexibility index (Phi) is 6.04. The van der Waals surface area contributed by atoms with E-state index >= 15 is 0 Å². The minimum atomic E-state index is -3.32. The van der Waals surface area contributed by atoms with Gasteiger partial charge in [-0.15, -0.1) is 0 Å². The molecule has 0 aromatic carbocycles. The van der Waals surface area contributed by atoms with E-state index in [0.717, 1.165) is 25.7 Å². The van der Waals surface area contributed by atoms with Gasteiger partial charge in [0.15, 0.2) is 0 Å². The quantitative estimate of drug-likeness (QED) is 0.790. The SMILES string of the molecule is CCN(CC)S(=O)(=O)N(C)C1CCC(CO)CC1. The third-order valence-electron chi connectivity index (χ3n) is 3.98. The van der Waals surface area contributed by atoms with Gasteiger partial charge >= 0.3 is 0 Å². The Morgan fingerprint density at radius 3 is 2.00 bits per heavy atom. The Labute approximate surface area is 111 Å². The second-order valence-corrected chi connectivity index (χ2v) is 6.95. The minimum Gasteiger partial charge on any atom is -0.396 e. The van der Waals surface area contributed by atoms with Crippen LogP contribution in [0.2, 0.25) is 0 Å². The lowest BCUT2D eigenvalue weighted by atomic mass is 9.87. The van der Waals surface area contributed by atoms with Gasteiger partial charge in [-0.25, -0.2) is 0 Å². The van der Waals surface area contributed by atoms with Crippen LogP contribution in [0.5, 0.6) is 0 Å². The summed E-state index contributed by atoms with van der Waals surface area (Å²) in [5, 5.41) is 9.10. The van der Waals surface area contributed by atoms with Gasteiger partial charge in [0.1, 0.15) is 0 Å². The third-order valence-corrected chi connectivity index (χ3v) is 6.18. The summed E-state index contributed by atoms with van der Waals surface area (Å²) in [5.41, 5.74) is 0. The first kappa shape index (κ1) is 15.9. The van der Waals surface area contributed by atoms with Gasteiger partial charge < -0.3 is 5.11 Å². The Bertz CT molecular complexity index is 333. The highest BCUT2D eigenvalue weighted by Crippen LogP contribution is 2.28. The van der Waals surface area contributed by atoms with E-state index in [1.807, 2.05) is 13.8 Å². The Hall–Kier alpha value is -0.170. The van der Waals surface area contributed by atoms with Gasteiger partial charge in [0.2, 0.25) is 0 Å². The van der Waals surface area contributed by atoms with Gasteiger partial charge in [-0.3, -0.25) is 0 Å². The smallest absolute Gasteiger partial charge is 0.281 e. The molecule has 0 aromatic heterocycles. The number of hydrogen-bond acceptors (Lipinski definition) is 3. The number of aliphatic hydroxyl groups excluding tert-OH is 1. The number of nitrogens with zero attached hydrogens (tertiary/aromatic N) is 2. The molecule has 0 saturated heterocycles. The zero-order valence-electron chi connectivity index (χ0n) is 11.7. The highest BCUT2D eigenvalue weighted by atomic mass is 32.2. The molecule has 0 amide bonds. The van der Waals surface area contributed by atoms with E-state index in [-0.39, 0.29) is 12.6 Å². The molecule has 6 heteroatoms. The lowest BCUT2D eigenvalue weighted by Crippen LogP contribution is -2.47. The molecule has 108 valence electrons. The summed E-state index contributed by atoms with van der Waals surface area (Å²) in [4.78, 5) is 0. The van der Waals surface area contributed by atoms with Crippen molar-refractivity contribution >= 4 is 10.2 Å². The van der Waals surface area contributed by atoms with Gasteiger partial charge in [-0.05, 0) is 31.6 Å². The van der Waals surface area contributed by atoms with Crippen LogP contribution in [0, 0.1) is 5.92 Å². The van der Waals surface area contributed by atoms with Crippen LogP contribution in [0.15, 0.2) is 0 Å². The van der Waals surface area contributed by atoms with Crippen LogP contribution in [0.4, 0.5) is 0 Å². The first-order chi connectivity index (χ1) is 8.47. The fraction of sp³-hybridized carbons (Fsp3) is 1.00. The number of hydrogen-bond donors (Lipinski definition) is 1. The van der Waals surface area contributed by atoms with Gasteiger partial charge in [0, 0.05) is 32.8 Å². The molecule has 1 saturated carbocycles. The monoisotopic (exact) mass is 278 g/mol. The number of rotatable bonds is 6. The molecule has 1 rings (SSSR count). The molecule has 0 aromatic rings. The summed E-state index contributed by atoms with van der Waals surface area (Å²) in [6, 6.07) is 0.0819. The Morgan fingerprint density at radius 2 is 1.61 bits per heavy atom. The van der Waals surface area contributed by atoms with Crippen LogP contribution < -0.4 is 0 Å². The molecule has 1 aliphatic carbocycles. The zero-order valence-corrected chi connectivity index (χ0v) is 12.5. The van der Waals surface area contributed by atoms with Crippen molar-refractivity contribution in [2.75, 3.05) is 26.7 Å². The molecule has 0 atom stereocenters. The topological polar surface area (TPSA) is 60.9 Å². The van der Waals surface area contributed by atoms with E-state index in [1.54, 1.807) is 7.05 Å². The molecule has 0 spiro atoms. The molecule has 1 N–H and O–H groups in total. The van der Waals surface area contributed by atoms with Crippen molar-refractivity contribution in [3.63, 3.8) is 0 Å². The molecule has 1 aliphatic rings. The van der Waals surface area contributed by atoms with E-state index < -0.39 is 10.2 Å². The van der Waals surface area contributed by atoms with Crippen molar-refractivity contribution in [3.05, 3.63) is 0 Å². The molecule has 0 aliphatic heterocycles. The molecular weight excluding hydrogens is 252 g/mol. The van der Waals surface area contributed by atoms with E-state index in [0.29, 0.717) is 19.0 Å². The van der Waals surface area contributed by atoms with Crippen LogP contribution in [-0.4, -0.2) is 54.9 Å². The largest absolute Gasteiger partial charge is 0.396 e. The maximum absolute atomic E-state index is 12.3. The zero-order chi connectivity index (χ0) is 13.8. The van der Waals surface area contributed by atoms with E-state index in [1.165, 1.54) is 8.61 Å². The summed E-state index contributed by atoms with van der Waals surface area (Å²) in [7, 11) is -1.64. The molecule has 18 heavy (non-hydrogen) atoms. The summed E-state index contributed by atoms with van der Waals surface area (Å²) in [5.74, 6) is 0.353. The van der Waals surface area contributed by atoms with Crippen molar-refractivity contribution in [2.45, 2.75) is 45.6 Å². The predicted octanol–water partition coefficient (Wildman–Crippen LogP) is 1.06. The predicted molar refractivity (Wildman–Crippen MR) is 72.4 cm³/mol. The van der Waals surface area contributed by atoms with Crippen molar-refractivity contribution < 1.29 is 13.5 Å². The normalized spacial score (nSPS) is 25.9. The third kappa shape index (κ3) is 3.44. The van der Waals surface area contributed by atoms with Crippen LogP contribution in [-0.2, 0) is 10.2 Å². The second-order valence-electron chi connectivity index (χ2n) is 4.97. The maximum Gasteiger partial charge on any atom is 0.281 e. The van der Waals surface area contributed by atoms with Crippen LogP contribution >= 0.6 is 0 Å². The summed E-state index contributed by atoms with van der Waals surface area (Å²) >= 11 is 0. The first-order valence-corrected chi connectivity index (χ1v) is 8.20. The van der Waals surface area contributed by atoms with E-state index in [9.17, 15) is 8.42 Å². The average molecular weight is 278 g/mol. The Morgan fingerprint density at radius 1 is 1.11 bits per heavy atom. The van der Waals surface area contributed by atoms with E-state index in [4.69, 9.17) is 5.11 Å². The molecule has 1 fully saturated rings. The average Bonchev–Trinajstić information content (AvgIpc) is 2.39. The lowest BCUT2D eigenvalue weighted by molar-refractivity contribution is 0.156. The fourth-order valence-electron chi connectivity index (χ4n) is 2.61. The standard InChI is InChI=1S/C12H26N2O3S/c1-4-14(5-2)18(16,17)13(3)12-8-6-11(10-15)7-9-12/h11-12,15H,4-10H2,1-3H3. The molecule has 0 bridgehead atoms. The molecule has 0 heterocycles. The highest BCUT2D eigenvalue weighted by Gasteiger charge is 2.32. The van der Waals surface area contributed by atoms with Crippen molar-refractivity contribution in [3.8, 4) is 0 Å². The number of aliphatic hydroxyl groups is 1. The summed E-state index contributed by atoms with van der Waals surface area (Å²) in [6.45, 7) is 4.96. The van der Waals surface area contributed by atoms with Gasteiger partial charge in [-0.1, -0.05) is 13.8 Å².